The van der Waals surface area contributed by atoms with Crippen LogP contribution in [-0.4, -0.2) is 0 Å². The van der Waals surface area contributed by atoms with Crippen molar-refractivity contribution in [3.8, 4) is 11.3 Å². The molecule has 1 aliphatic carbocycles. The number of aryl methyl sites for hydroxylation is 2. The molecule has 0 unspecified atom stereocenters. The third-order valence-corrected chi connectivity index (χ3v) is 7.24. The number of hydrogen-bond acceptors (Lipinski definition) is 1. The fourth-order valence-corrected chi connectivity index (χ4v) is 5.60. The topological polar surface area (TPSA) is 21.4 Å². The summed E-state index contributed by atoms with van der Waals surface area (Å²) in [6, 6.07) is 13.0. The van der Waals surface area contributed by atoms with E-state index in [2.05, 4.69) is 73.8 Å². The predicted octanol–water partition coefficient (Wildman–Crippen LogP) is 8.11. The average molecular weight is 424 g/mol. The van der Waals surface area contributed by atoms with Crippen molar-refractivity contribution >= 4 is 27.6 Å². The van der Waals surface area contributed by atoms with Gasteiger partial charge in [-0.15, -0.1) is 0 Å². The maximum Gasteiger partial charge on any atom is 0.232 e. The Hall–Kier alpha value is -3.12. The van der Waals surface area contributed by atoms with E-state index in [1.165, 1.54) is 54.2 Å². The number of furan rings is 1. The first-order chi connectivity index (χ1) is 15.5. The Morgan fingerprint density at radius 1 is 1.06 bits per heavy atom. The van der Waals surface area contributed by atoms with Gasteiger partial charge >= 0.3 is 0 Å². The molecule has 0 radical (unpaired) electrons. The van der Waals surface area contributed by atoms with Gasteiger partial charge in [0.15, 0.2) is 6.20 Å². The van der Waals surface area contributed by atoms with E-state index in [9.17, 15) is 0 Å². The Morgan fingerprint density at radius 2 is 1.84 bits per heavy atom. The highest BCUT2D eigenvalue weighted by Crippen LogP contribution is 2.47. The molecule has 2 heterocycles. The number of nitrogens with zero attached hydrogens (tertiary/aromatic N) is 2. The van der Waals surface area contributed by atoms with Crippen molar-refractivity contribution in [2.24, 2.45) is 7.05 Å². The quantitative estimate of drug-likeness (QED) is 0.241. The van der Waals surface area contributed by atoms with Crippen LogP contribution in [0.15, 0.2) is 47.0 Å². The van der Waals surface area contributed by atoms with Crippen molar-refractivity contribution in [3.63, 3.8) is 0 Å². The molecule has 1 aliphatic rings. The lowest BCUT2D eigenvalue weighted by Gasteiger charge is -2.23. The minimum absolute atomic E-state index is 0.366. The molecule has 32 heavy (non-hydrogen) atoms. The lowest BCUT2D eigenvalue weighted by Crippen LogP contribution is -2.30. The summed E-state index contributed by atoms with van der Waals surface area (Å²) in [5, 5.41) is 2.24. The zero-order chi connectivity index (χ0) is 22.4. The summed E-state index contributed by atoms with van der Waals surface area (Å²) >= 11 is 0. The Morgan fingerprint density at radius 3 is 2.53 bits per heavy atom. The first-order valence-corrected chi connectivity index (χ1v) is 11.9. The van der Waals surface area contributed by atoms with E-state index >= 15 is 0 Å². The minimum atomic E-state index is 0.366. The molecule has 0 aliphatic heterocycles. The lowest BCUT2D eigenvalue weighted by molar-refractivity contribution is -0.660. The van der Waals surface area contributed by atoms with Crippen LogP contribution in [0.5, 0.6) is 0 Å². The van der Waals surface area contributed by atoms with Crippen molar-refractivity contribution in [2.45, 2.75) is 64.7 Å². The summed E-state index contributed by atoms with van der Waals surface area (Å²) in [5.41, 5.74) is 8.34. The predicted molar refractivity (Wildman–Crippen MR) is 131 cm³/mol. The first kappa shape index (κ1) is 20.8. The van der Waals surface area contributed by atoms with Gasteiger partial charge < -0.3 is 4.42 Å². The molecule has 0 bridgehead atoms. The van der Waals surface area contributed by atoms with E-state index in [0.29, 0.717) is 11.8 Å². The van der Waals surface area contributed by atoms with E-state index in [1.54, 1.807) is 0 Å². The summed E-state index contributed by atoms with van der Waals surface area (Å²) in [4.78, 5) is 4.04. The second-order valence-corrected chi connectivity index (χ2v) is 9.64. The Balaban J connectivity index is 1.88. The zero-order valence-electron chi connectivity index (χ0n) is 19.5. The number of rotatable bonds is 3. The molecule has 5 rings (SSSR count). The molecule has 0 spiro atoms. The maximum atomic E-state index is 8.05. The average Bonchev–Trinajstić information content (AvgIpc) is 3.18. The molecular formula is C29H31N2O+. The summed E-state index contributed by atoms with van der Waals surface area (Å²) in [7, 11) is 2.07. The summed E-state index contributed by atoms with van der Waals surface area (Å²) in [6.07, 6.45) is 8.25. The van der Waals surface area contributed by atoms with Gasteiger partial charge in [0.2, 0.25) is 11.4 Å². The molecule has 0 amide bonds. The van der Waals surface area contributed by atoms with Gasteiger partial charge in [0, 0.05) is 22.9 Å². The van der Waals surface area contributed by atoms with Crippen molar-refractivity contribution in [3.05, 3.63) is 70.7 Å². The van der Waals surface area contributed by atoms with Crippen LogP contribution in [-0.2, 0) is 7.05 Å². The van der Waals surface area contributed by atoms with Crippen molar-refractivity contribution in [2.75, 3.05) is 0 Å². The van der Waals surface area contributed by atoms with E-state index in [0.717, 1.165) is 33.5 Å². The molecule has 1 fully saturated rings. The van der Waals surface area contributed by atoms with Crippen LogP contribution < -0.4 is 4.57 Å². The molecule has 3 nitrogen and oxygen atoms in total. The molecular weight excluding hydrogens is 392 g/mol. The second kappa shape index (κ2) is 8.10. The highest BCUT2D eigenvalue weighted by atomic mass is 16.3. The minimum Gasteiger partial charge on any atom is -0.466 e. The number of benzene rings is 2. The standard InChI is InChI=1S/C29H31N2O/c1-18(2)23-17-19(3)25(24-13-9-10-16-31(24)5)29-26(23)22-15-14-21(20-11-7-6-8-12-20)27(30-4)28(22)32-29/h9-10,13-18,20H,6-8,11-12H2,1-3,5H3/q+1. The SMILES string of the molecule is [C-]#[N+]c1c(C2CCCCC2)ccc2c1oc1c(-c3cccc[n+]3C)c(C)cc(C(C)C)c12. The Bertz CT molecular complexity index is 1360. The maximum absolute atomic E-state index is 8.05. The monoisotopic (exact) mass is 423 g/mol. The largest absolute Gasteiger partial charge is 0.466 e. The van der Waals surface area contributed by atoms with E-state index in [1.807, 2.05) is 6.07 Å². The number of fused-ring (bicyclic) bond motifs is 3. The van der Waals surface area contributed by atoms with Crippen molar-refractivity contribution in [1.82, 2.24) is 0 Å². The van der Waals surface area contributed by atoms with Gasteiger partial charge in [0.05, 0.1) is 12.1 Å². The molecule has 162 valence electrons. The van der Waals surface area contributed by atoms with Crippen LogP contribution in [0.25, 0.3) is 38.0 Å². The number of hydrogen-bond donors (Lipinski definition) is 0. The van der Waals surface area contributed by atoms with E-state index < -0.39 is 0 Å². The molecule has 2 aromatic heterocycles. The summed E-state index contributed by atoms with van der Waals surface area (Å²) in [6.45, 7) is 14.7. The van der Waals surface area contributed by atoms with Gasteiger partial charge in [-0.2, -0.15) is 0 Å². The third kappa shape index (κ3) is 3.21. The molecule has 1 saturated carbocycles. The number of aromatic nitrogens is 1. The van der Waals surface area contributed by atoms with Gasteiger partial charge in [-0.3, -0.25) is 0 Å². The van der Waals surface area contributed by atoms with Gasteiger partial charge in [-0.25, -0.2) is 9.41 Å². The molecule has 4 aromatic rings. The van der Waals surface area contributed by atoms with Crippen LogP contribution >= 0.6 is 0 Å². The van der Waals surface area contributed by atoms with Crippen molar-refractivity contribution in [1.29, 1.82) is 0 Å². The Labute approximate surface area is 190 Å². The third-order valence-electron chi connectivity index (χ3n) is 7.24. The highest BCUT2D eigenvalue weighted by Gasteiger charge is 2.27. The number of pyridine rings is 1. The molecule has 2 aromatic carbocycles. The van der Waals surface area contributed by atoms with Crippen molar-refractivity contribution < 1.29 is 8.98 Å². The van der Waals surface area contributed by atoms with E-state index in [-0.39, 0.29) is 0 Å². The van der Waals surface area contributed by atoms with Crippen LogP contribution in [0.3, 0.4) is 0 Å². The molecule has 3 heteroatoms. The van der Waals surface area contributed by atoms with Crippen LogP contribution in [0.1, 0.15) is 74.5 Å². The lowest BCUT2D eigenvalue weighted by atomic mass is 9.83. The van der Waals surface area contributed by atoms with Gasteiger partial charge in [0.1, 0.15) is 18.2 Å². The summed E-state index contributed by atoms with van der Waals surface area (Å²) < 4.78 is 8.84. The van der Waals surface area contributed by atoms with Crippen LogP contribution in [0.4, 0.5) is 5.69 Å². The smallest absolute Gasteiger partial charge is 0.232 e. The van der Waals surface area contributed by atoms with Gasteiger partial charge in [-0.05, 0) is 54.4 Å². The van der Waals surface area contributed by atoms with Gasteiger partial charge in [0.25, 0.3) is 0 Å². The first-order valence-electron chi connectivity index (χ1n) is 11.9. The summed E-state index contributed by atoms with van der Waals surface area (Å²) in [5.74, 6) is 0.841. The molecule has 0 saturated heterocycles. The van der Waals surface area contributed by atoms with E-state index in [4.69, 9.17) is 11.0 Å². The normalized spacial score (nSPS) is 15.0. The van der Waals surface area contributed by atoms with Crippen LogP contribution in [0, 0.1) is 13.5 Å². The molecule has 0 N–H and O–H groups in total. The zero-order valence-corrected chi connectivity index (χ0v) is 19.5. The highest BCUT2D eigenvalue weighted by molar-refractivity contribution is 6.15. The van der Waals surface area contributed by atoms with Crippen LogP contribution in [0.2, 0.25) is 0 Å². The molecule has 0 atom stereocenters. The fraction of sp³-hybridized carbons (Fsp3) is 0.379. The Kier molecular flexibility index (Phi) is 5.25. The second-order valence-electron chi connectivity index (χ2n) is 9.64. The fourth-order valence-electron chi connectivity index (χ4n) is 5.60. The van der Waals surface area contributed by atoms with Gasteiger partial charge in [-0.1, -0.05) is 51.3 Å².